The molecule has 1 aliphatic rings. The van der Waals surface area contributed by atoms with Crippen molar-refractivity contribution in [3.63, 3.8) is 0 Å². The molecule has 0 saturated carbocycles. The standard InChI is InChI=1S/C24H29N5O7.ClH/c30-20-13-17(35-12-11-27-23-25-9-4-10-26-23)7-8-18(20)21(31)28-14-19(22(32)33)29-24(34)36-15-16-5-2-1-3-6-16;/h1-3,5-8,13,19,30H,4,9-12,14-15H2,(H,28,31)(H,29,34)(H,32,33)(H2,25,26,27);1H. The molecule has 1 aliphatic heterocycles. The van der Waals surface area contributed by atoms with Gasteiger partial charge in [-0.05, 0) is 24.1 Å². The van der Waals surface area contributed by atoms with Crippen molar-refractivity contribution < 1.29 is 34.1 Å². The minimum atomic E-state index is -1.43. The molecule has 0 saturated heterocycles. The van der Waals surface area contributed by atoms with Crippen LogP contribution >= 0.6 is 12.4 Å². The van der Waals surface area contributed by atoms with Crippen LogP contribution in [0.1, 0.15) is 22.3 Å². The number of carboxylic acids is 1. The van der Waals surface area contributed by atoms with E-state index in [2.05, 4.69) is 26.3 Å². The Labute approximate surface area is 219 Å². The maximum atomic E-state index is 12.5. The van der Waals surface area contributed by atoms with Crippen molar-refractivity contribution >= 4 is 36.3 Å². The van der Waals surface area contributed by atoms with E-state index in [0.29, 0.717) is 18.9 Å². The molecule has 0 spiro atoms. The number of nitrogens with one attached hydrogen (secondary N) is 4. The van der Waals surface area contributed by atoms with Gasteiger partial charge in [0.05, 0.1) is 12.1 Å². The van der Waals surface area contributed by atoms with Crippen molar-refractivity contribution in [2.24, 2.45) is 4.99 Å². The molecule has 1 atom stereocenters. The third-order valence-corrected chi connectivity index (χ3v) is 5.04. The first-order valence-electron chi connectivity index (χ1n) is 11.4. The number of hydrogen-bond donors (Lipinski definition) is 6. The number of aliphatic imine (C=N–C) groups is 1. The van der Waals surface area contributed by atoms with E-state index < -0.39 is 30.6 Å². The average molecular weight is 536 g/mol. The molecule has 1 heterocycles. The Hall–Kier alpha value is -4.19. The van der Waals surface area contributed by atoms with Gasteiger partial charge in [0, 0.05) is 25.7 Å². The van der Waals surface area contributed by atoms with Crippen LogP contribution < -0.4 is 26.0 Å². The molecule has 200 valence electrons. The molecule has 37 heavy (non-hydrogen) atoms. The van der Waals surface area contributed by atoms with Gasteiger partial charge in [-0.1, -0.05) is 30.3 Å². The van der Waals surface area contributed by atoms with Crippen molar-refractivity contribution in [2.45, 2.75) is 19.1 Å². The fourth-order valence-electron chi connectivity index (χ4n) is 3.18. The van der Waals surface area contributed by atoms with Gasteiger partial charge in [-0.3, -0.25) is 9.79 Å². The number of aromatic hydroxyl groups is 1. The smallest absolute Gasteiger partial charge is 0.408 e. The lowest BCUT2D eigenvalue weighted by molar-refractivity contribution is -0.139. The van der Waals surface area contributed by atoms with Crippen molar-refractivity contribution in [3.05, 3.63) is 59.7 Å². The average Bonchev–Trinajstić information content (AvgIpc) is 2.88. The van der Waals surface area contributed by atoms with E-state index in [1.165, 1.54) is 18.2 Å². The summed E-state index contributed by atoms with van der Waals surface area (Å²) < 4.78 is 10.6. The molecule has 2 aromatic carbocycles. The van der Waals surface area contributed by atoms with Gasteiger partial charge < -0.3 is 41.0 Å². The molecule has 0 bridgehead atoms. The first kappa shape index (κ1) is 29.0. The zero-order valence-electron chi connectivity index (χ0n) is 19.9. The number of ether oxygens (including phenoxy) is 2. The van der Waals surface area contributed by atoms with Crippen LogP contribution in [0.3, 0.4) is 0 Å². The van der Waals surface area contributed by atoms with Gasteiger partial charge in [0.15, 0.2) is 5.96 Å². The number of phenolic OH excluding ortho intramolecular Hbond substituents is 1. The highest BCUT2D eigenvalue weighted by Crippen LogP contribution is 2.23. The number of amides is 2. The number of carbonyl (C=O) groups is 3. The summed E-state index contributed by atoms with van der Waals surface area (Å²) in [7, 11) is 0. The van der Waals surface area contributed by atoms with Crippen LogP contribution in [-0.4, -0.2) is 73.0 Å². The first-order valence-corrected chi connectivity index (χ1v) is 11.4. The van der Waals surface area contributed by atoms with E-state index >= 15 is 0 Å². The predicted octanol–water partition coefficient (Wildman–Crippen LogP) is 1.24. The Morgan fingerprint density at radius 1 is 1.14 bits per heavy atom. The zero-order chi connectivity index (χ0) is 25.8. The summed E-state index contributed by atoms with van der Waals surface area (Å²) in [4.78, 5) is 40.2. The van der Waals surface area contributed by atoms with Crippen LogP contribution in [0, 0.1) is 0 Å². The van der Waals surface area contributed by atoms with Crippen LogP contribution in [0.25, 0.3) is 0 Å². The number of benzene rings is 2. The largest absolute Gasteiger partial charge is 0.507 e. The van der Waals surface area contributed by atoms with E-state index in [1.807, 2.05) is 6.07 Å². The normalized spacial score (nSPS) is 13.0. The van der Waals surface area contributed by atoms with Crippen LogP contribution in [-0.2, 0) is 16.1 Å². The number of alkyl carbamates (subject to hydrolysis) is 1. The molecule has 2 amide bonds. The molecular formula is C24H30ClN5O7. The zero-order valence-corrected chi connectivity index (χ0v) is 20.8. The number of hydrogen-bond acceptors (Lipinski definition) is 9. The molecule has 6 N–H and O–H groups in total. The molecule has 0 aromatic heterocycles. The lowest BCUT2D eigenvalue weighted by Gasteiger charge is -2.16. The highest BCUT2D eigenvalue weighted by Gasteiger charge is 2.22. The summed E-state index contributed by atoms with van der Waals surface area (Å²) in [6, 6.07) is 11.6. The van der Waals surface area contributed by atoms with E-state index in [0.717, 1.165) is 31.0 Å². The fraction of sp³-hybridized carbons (Fsp3) is 0.333. The maximum absolute atomic E-state index is 12.5. The molecule has 13 heteroatoms. The van der Waals surface area contributed by atoms with Gasteiger partial charge in [-0.2, -0.15) is 0 Å². The minimum absolute atomic E-state index is 0. The van der Waals surface area contributed by atoms with Gasteiger partial charge >= 0.3 is 12.1 Å². The molecule has 0 radical (unpaired) electrons. The third-order valence-electron chi connectivity index (χ3n) is 5.04. The Kier molecular flexibility index (Phi) is 11.8. The fourth-order valence-corrected chi connectivity index (χ4v) is 3.18. The van der Waals surface area contributed by atoms with Gasteiger partial charge in [0.25, 0.3) is 5.91 Å². The number of rotatable bonds is 11. The maximum Gasteiger partial charge on any atom is 0.408 e. The summed E-state index contributed by atoms with van der Waals surface area (Å²) in [5.41, 5.74) is 0.666. The number of halogens is 1. The second-order valence-corrected chi connectivity index (χ2v) is 7.77. The van der Waals surface area contributed by atoms with E-state index in [9.17, 15) is 24.6 Å². The van der Waals surface area contributed by atoms with Crippen molar-refractivity contribution in [3.8, 4) is 11.5 Å². The summed E-state index contributed by atoms with van der Waals surface area (Å²) in [6.07, 6.45) is 0.0565. The molecule has 12 nitrogen and oxygen atoms in total. The van der Waals surface area contributed by atoms with Crippen LogP contribution in [0.2, 0.25) is 0 Å². The van der Waals surface area contributed by atoms with Gasteiger partial charge in [-0.25, -0.2) is 9.59 Å². The molecule has 1 unspecified atom stereocenters. The van der Waals surface area contributed by atoms with Gasteiger partial charge in [0.2, 0.25) is 0 Å². The molecule has 0 fully saturated rings. The van der Waals surface area contributed by atoms with E-state index in [4.69, 9.17) is 9.47 Å². The monoisotopic (exact) mass is 535 g/mol. The lowest BCUT2D eigenvalue weighted by atomic mass is 10.1. The molecule has 3 rings (SSSR count). The number of carbonyl (C=O) groups excluding carboxylic acids is 2. The van der Waals surface area contributed by atoms with Crippen molar-refractivity contribution in [1.29, 1.82) is 0 Å². The van der Waals surface area contributed by atoms with Gasteiger partial charge in [-0.15, -0.1) is 12.4 Å². The summed E-state index contributed by atoms with van der Waals surface area (Å²) in [5, 5.41) is 30.4. The molecule has 2 aromatic rings. The Morgan fingerprint density at radius 3 is 2.59 bits per heavy atom. The number of carboxylic acid groups (broad SMARTS) is 1. The number of guanidine groups is 1. The van der Waals surface area contributed by atoms with Gasteiger partial charge in [0.1, 0.15) is 30.8 Å². The summed E-state index contributed by atoms with van der Waals surface area (Å²) in [6.45, 7) is 1.98. The first-order chi connectivity index (χ1) is 17.4. The number of aliphatic carboxylic acids is 1. The highest BCUT2D eigenvalue weighted by molar-refractivity contribution is 5.97. The Bertz CT molecular complexity index is 1080. The Balaban J connectivity index is 0.00000481. The SMILES string of the molecule is Cl.O=C(NC(CNC(=O)c1ccc(OCCNC2=NCCCN2)cc1O)C(=O)O)OCc1ccccc1. The number of phenols is 1. The van der Waals surface area contributed by atoms with Crippen LogP contribution in [0.15, 0.2) is 53.5 Å². The van der Waals surface area contributed by atoms with Crippen LogP contribution in [0.4, 0.5) is 4.79 Å². The van der Waals surface area contributed by atoms with Crippen molar-refractivity contribution in [2.75, 3.05) is 32.8 Å². The molecule has 0 aliphatic carbocycles. The van der Waals surface area contributed by atoms with E-state index in [1.54, 1.807) is 24.3 Å². The third kappa shape index (κ3) is 9.76. The van der Waals surface area contributed by atoms with Crippen LogP contribution in [0.5, 0.6) is 11.5 Å². The second-order valence-electron chi connectivity index (χ2n) is 7.77. The van der Waals surface area contributed by atoms with Crippen molar-refractivity contribution in [1.82, 2.24) is 21.3 Å². The highest BCUT2D eigenvalue weighted by atomic mass is 35.5. The second kappa shape index (κ2) is 15.0. The summed E-state index contributed by atoms with van der Waals surface area (Å²) >= 11 is 0. The van der Waals surface area contributed by atoms with E-state index in [-0.39, 0.29) is 30.3 Å². The summed E-state index contributed by atoms with van der Waals surface area (Å²) in [5.74, 6) is -1.33. The quantitative estimate of drug-likeness (QED) is 0.232. The minimum Gasteiger partial charge on any atom is -0.507 e. The lowest BCUT2D eigenvalue weighted by Crippen LogP contribution is -2.48. The molecular weight excluding hydrogens is 506 g/mol. The Morgan fingerprint density at radius 2 is 1.92 bits per heavy atom. The predicted molar refractivity (Wildman–Crippen MR) is 137 cm³/mol. The number of nitrogens with zero attached hydrogens (tertiary/aromatic N) is 1. The topological polar surface area (TPSA) is 171 Å².